The van der Waals surface area contributed by atoms with Gasteiger partial charge in [0, 0.05) is 13.1 Å². The van der Waals surface area contributed by atoms with Gasteiger partial charge in [0.2, 0.25) is 0 Å². The Labute approximate surface area is 127 Å². The third-order valence-corrected chi connectivity index (χ3v) is 3.63. The second-order valence-corrected chi connectivity index (χ2v) is 5.63. The molecule has 0 aliphatic heterocycles. The summed E-state index contributed by atoms with van der Waals surface area (Å²) in [7, 11) is 3.67. The first-order valence-corrected chi connectivity index (χ1v) is 7.13. The summed E-state index contributed by atoms with van der Waals surface area (Å²) in [4.78, 5) is 2.14. The molecule has 0 aliphatic carbocycles. The topological polar surface area (TPSA) is 12.5 Å². The molecule has 0 N–H and O–H groups in total. The van der Waals surface area contributed by atoms with E-state index in [1.54, 1.807) is 19.2 Å². The van der Waals surface area contributed by atoms with Crippen LogP contribution in [0.25, 0.3) is 0 Å². The zero-order chi connectivity index (χ0) is 14.5. The molecule has 2 aromatic rings. The highest BCUT2D eigenvalue weighted by Gasteiger charge is 2.05. The van der Waals surface area contributed by atoms with Crippen molar-refractivity contribution in [2.75, 3.05) is 14.2 Å². The highest BCUT2D eigenvalue weighted by Crippen LogP contribution is 2.26. The molecule has 0 aromatic heterocycles. The molecule has 2 nitrogen and oxygen atoms in total. The van der Waals surface area contributed by atoms with Crippen LogP contribution < -0.4 is 4.74 Å². The molecule has 2 aromatic carbocycles. The minimum atomic E-state index is -0.192. The van der Waals surface area contributed by atoms with Crippen LogP contribution in [0, 0.1) is 5.82 Å². The van der Waals surface area contributed by atoms with Crippen LogP contribution in [0.3, 0.4) is 0 Å². The lowest BCUT2D eigenvalue weighted by molar-refractivity contribution is 0.318. The van der Waals surface area contributed by atoms with Crippen molar-refractivity contribution in [3.8, 4) is 5.75 Å². The highest BCUT2D eigenvalue weighted by atomic mass is 79.9. The predicted molar refractivity (Wildman–Crippen MR) is 82.3 cm³/mol. The summed E-state index contributed by atoms with van der Waals surface area (Å²) < 4.78 is 19.3. The summed E-state index contributed by atoms with van der Waals surface area (Å²) in [6.07, 6.45) is 0. The van der Waals surface area contributed by atoms with Crippen LogP contribution in [-0.2, 0) is 13.1 Å². The van der Waals surface area contributed by atoms with Crippen molar-refractivity contribution in [1.29, 1.82) is 0 Å². The van der Waals surface area contributed by atoms with Gasteiger partial charge in [-0.25, -0.2) is 4.39 Å². The molecule has 20 heavy (non-hydrogen) atoms. The molecule has 0 atom stereocenters. The number of rotatable bonds is 5. The van der Waals surface area contributed by atoms with Gasteiger partial charge in [-0.05, 0) is 58.4 Å². The van der Waals surface area contributed by atoms with Crippen LogP contribution in [0.5, 0.6) is 5.75 Å². The summed E-state index contributed by atoms with van der Waals surface area (Å²) >= 11 is 3.48. The van der Waals surface area contributed by atoms with E-state index in [1.807, 2.05) is 31.3 Å². The normalized spacial score (nSPS) is 10.8. The highest BCUT2D eigenvalue weighted by molar-refractivity contribution is 9.10. The van der Waals surface area contributed by atoms with E-state index in [0.717, 1.165) is 22.3 Å². The lowest BCUT2D eigenvalue weighted by Gasteiger charge is -2.17. The van der Waals surface area contributed by atoms with Crippen LogP contribution in [0.4, 0.5) is 4.39 Å². The van der Waals surface area contributed by atoms with Gasteiger partial charge in [-0.3, -0.25) is 4.90 Å². The molecule has 106 valence electrons. The maximum Gasteiger partial charge on any atom is 0.133 e. The Morgan fingerprint density at radius 2 is 1.80 bits per heavy atom. The Morgan fingerprint density at radius 1 is 1.10 bits per heavy atom. The van der Waals surface area contributed by atoms with Gasteiger partial charge < -0.3 is 4.74 Å². The van der Waals surface area contributed by atoms with E-state index in [-0.39, 0.29) is 5.82 Å². The van der Waals surface area contributed by atoms with E-state index >= 15 is 0 Å². The second-order valence-electron chi connectivity index (χ2n) is 4.77. The van der Waals surface area contributed by atoms with Crippen LogP contribution >= 0.6 is 15.9 Å². The Hall–Kier alpha value is -1.39. The Morgan fingerprint density at radius 3 is 2.40 bits per heavy atom. The Balaban J connectivity index is 2.01. The summed E-state index contributed by atoms with van der Waals surface area (Å²) in [5.41, 5.74) is 2.15. The SMILES string of the molecule is COc1ccc(CN(C)Cc2cccc(F)c2)cc1Br. The molecule has 0 fully saturated rings. The molecule has 0 amide bonds. The maximum absolute atomic E-state index is 13.1. The van der Waals surface area contributed by atoms with Gasteiger partial charge in [0.25, 0.3) is 0 Å². The Bertz CT molecular complexity index is 588. The van der Waals surface area contributed by atoms with Crippen molar-refractivity contribution >= 4 is 15.9 Å². The van der Waals surface area contributed by atoms with Crippen molar-refractivity contribution in [2.45, 2.75) is 13.1 Å². The van der Waals surface area contributed by atoms with Gasteiger partial charge in [-0.2, -0.15) is 0 Å². The molecular weight excluding hydrogens is 321 g/mol. The van der Waals surface area contributed by atoms with Crippen molar-refractivity contribution < 1.29 is 9.13 Å². The largest absolute Gasteiger partial charge is 0.496 e. The first kappa shape index (κ1) is 15.0. The summed E-state index contributed by atoms with van der Waals surface area (Å²) in [5.74, 6) is 0.629. The van der Waals surface area contributed by atoms with E-state index in [4.69, 9.17) is 4.74 Å². The second kappa shape index (κ2) is 6.86. The number of hydrogen-bond donors (Lipinski definition) is 0. The van der Waals surface area contributed by atoms with Gasteiger partial charge in [-0.1, -0.05) is 18.2 Å². The first-order chi connectivity index (χ1) is 9.58. The lowest BCUT2D eigenvalue weighted by atomic mass is 10.1. The maximum atomic E-state index is 13.1. The fraction of sp³-hybridized carbons (Fsp3) is 0.250. The molecule has 4 heteroatoms. The van der Waals surface area contributed by atoms with Crippen molar-refractivity contribution in [2.24, 2.45) is 0 Å². The zero-order valence-electron chi connectivity index (χ0n) is 11.6. The molecule has 0 radical (unpaired) electrons. The molecule has 0 unspecified atom stereocenters. The number of nitrogens with zero attached hydrogens (tertiary/aromatic N) is 1. The number of halogens is 2. The van der Waals surface area contributed by atoms with E-state index in [0.29, 0.717) is 6.54 Å². The summed E-state index contributed by atoms with van der Waals surface area (Å²) in [6, 6.07) is 12.7. The Kier molecular flexibility index (Phi) is 5.15. The van der Waals surface area contributed by atoms with Gasteiger partial charge in [0.15, 0.2) is 0 Å². The molecule has 0 saturated carbocycles. The fourth-order valence-electron chi connectivity index (χ4n) is 2.12. The fourth-order valence-corrected chi connectivity index (χ4v) is 2.71. The van der Waals surface area contributed by atoms with Crippen molar-refractivity contribution in [3.05, 3.63) is 63.9 Å². The van der Waals surface area contributed by atoms with Crippen LogP contribution in [-0.4, -0.2) is 19.1 Å². The van der Waals surface area contributed by atoms with E-state index in [9.17, 15) is 4.39 Å². The molecule has 0 aliphatic rings. The van der Waals surface area contributed by atoms with Crippen LogP contribution in [0.1, 0.15) is 11.1 Å². The van der Waals surface area contributed by atoms with E-state index in [1.165, 1.54) is 11.6 Å². The third kappa shape index (κ3) is 4.05. The van der Waals surface area contributed by atoms with Gasteiger partial charge >= 0.3 is 0 Å². The molecule has 0 heterocycles. The standard InChI is InChI=1S/C16H17BrFNO/c1-19(10-12-4-3-5-14(18)8-12)11-13-6-7-16(20-2)15(17)9-13/h3-9H,10-11H2,1-2H3. The van der Waals surface area contributed by atoms with Gasteiger partial charge in [-0.15, -0.1) is 0 Å². The summed E-state index contributed by atoms with van der Waals surface area (Å²) in [6.45, 7) is 1.50. The summed E-state index contributed by atoms with van der Waals surface area (Å²) in [5, 5.41) is 0. The minimum Gasteiger partial charge on any atom is -0.496 e. The van der Waals surface area contributed by atoms with Gasteiger partial charge in [0.1, 0.15) is 11.6 Å². The zero-order valence-corrected chi connectivity index (χ0v) is 13.2. The number of hydrogen-bond acceptors (Lipinski definition) is 2. The quantitative estimate of drug-likeness (QED) is 0.809. The molecule has 2 rings (SSSR count). The number of benzene rings is 2. The average molecular weight is 338 g/mol. The number of ether oxygens (including phenoxy) is 1. The number of methoxy groups -OCH3 is 1. The molecule has 0 saturated heterocycles. The van der Waals surface area contributed by atoms with E-state index in [2.05, 4.69) is 20.8 Å². The third-order valence-electron chi connectivity index (χ3n) is 3.01. The molecule has 0 bridgehead atoms. The van der Waals surface area contributed by atoms with Crippen LogP contribution in [0.15, 0.2) is 46.9 Å². The lowest BCUT2D eigenvalue weighted by Crippen LogP contribution is -2.17. The molecular formula is C16H17BrFNO. The van der Waals surface area contributed by atoms with Crippen molar-refractivity contribution in [1.82, 2.24) is 4.90 Å². The smallest absolute Gasteiger partial charge is 0.133 e. The first-order valence-electron chi connectivity index (χ1n) is 6.34. The molecule has 0 spiro atoms. The average Bonchev–Trinajstić information content (AvgIpc) is 2.38. The predicted octanol–water partition coefficient (Wildman–Crippen LogP) is 4.23. The van der Waals surface area contributed by atoms with E-state index < -0.39 is 0 Å². The minimum absolute atomic E-state index is 0.192. The monoisotopic (exact) mass is 337 g/mol. The van der Waals surface area contributed by atoms with Crippen molar-refractivity contribution in [3.63, 3.8) is 0 Å². The van der Waals surface area contributed by atoms with Crippen LogP contribution in [0.2, 0.25) is 0 Å². The van der Waals surface area contributed by atoms with Gasteiger partial charge in [0.05, 0.1) is 11.6 Å².